The van der Waals surface area contributed by atoms with E-state index >= 15 is 0 Å². The Morgan fingerprint density at radius 2 is 1.93 bits per heavy atom. The van der Waals surface area contributed by atoms with Gasteiger partial charge in [0.25, 0.3) is 0 Å². The van der Waals surface area contributed by atoms with Crippen LogP contribution in [0.1, 0.15) is 23.6 Å². The van der Waals surface area contributed by atoms with E-state index in [0.717, 1.165) is 28.4 Å². The Labute approximate surface area is 169 Å². The first-order valence-corrected chi connectivity index (χ1v) is 9.52. The molecule has 6 nitrogen and oxygen atoms in total. The van der Waals surface area contributed by atoms with E-state index in [1.54, 1.807) is 6.20 Å². The molecule has 29 heavy (non-hydrogen) atoms. The van der Waals surface area contributed by atoms with Gasteiger partial charge in [0, 0.05) is 24.7 Å². The topological polar surface area (TPSA) is 71.3 Å². The standard InChI is InChI=1S/C23H23N5O/c1-15-7-8-19(16(2)11-15)13-24-22-9-10-23-25-14-21(28(23)27-22)18-5-4-6-20(12-18)26-17(3)29/h4-12,14H,13H2,1-3H3,(H,24,27)(H,26,29). The fourth-order valence-corrected chi connectivity index (χ4v) is 3.35. The van der Waals surface area contributed by atoms with Crippen molar-refractivity contribution < 1.29 is 4.79 Å². The molecule has 2 N–H and O–H groups in total. The number of nitrogens with one attached hydrogen (secondary N) is 2. The summed E-state index contributed by atoms with van der Waals surface area (Å²) in [5.41, 5.74) is 7.07. The van der Waals surface area contributed by atoms with E-state index in [2.05, 4.69) is 47.7 Å². The number of amides is 1. The molecule has 2 heterocycles. The molecular formula is C23H23N5O. The summed E-state index contributed by atoms with van der Waals surface area (Å²) in [5.74, 6) is 0.672. The number of anilines is 2. The number of hydrogen-bond donors (Lipinski definition) is 2. The van der Waals surface area contributed by atoms with Crippen molar-refractivity contribution in [2.75, 3.05) is 10.6 Å². The fraction of sp³-hybridized carbons (Fsp3) is 0.174. The predicted octanol–water partition coefficient (Wildman–Crippen LogP) is 4.58. The van der Waals surface area contributed by atoms with Gasteiger partial charge in [-0.3, -0.25) is 4.79 Å². The average molecular weight is 385 g/mol. The number of rotatable bonds is 5. The van der Waals surface area contributed by atoms with Gasteiger partial charge in [-0.25, -0.2) is 9.50 Å². The summed E-state index contributed by atoms with van der Waals surface area (Å²) in [6, 6.07) is 18.0. The first-order valence-electron chi connectivity index (χ1n) is 9.52. The van der Waals surface area contributed by atoms with Crippen LogP contribution in [-0.4, -0.2) is 20.5 Å². The van der Waals surface area contributed by atoms with E-state index in [-0.39, 0.29) is 5.91 Å². The van der Waals surface area contributed by atoms with Crippen LogP contribution in [0.25, 0.3) is 16.9 Å². The molecule has 0 saturated heterocycles. The highest BCUT2D eigenvalue weighted by molar-refractivity contribution is 5.89. The second kappa shape index (κ2) is 7.75. The van der Waals surface area contributed by atoms with Crippen LogP contribution in [0.4, 0.5) is 11.5 Å². The first kappa shape index (κ1) is 18.7. The fourth-order valence-electron chi connectivity index (χ4n) is 3.35. The lowest BCUT2D eigenvalue weighted by Crippen LogP contribution is -2.06. The number of imidazole rings is 1. The maximum absolute atomic E-state index is 11.4. The lowest BCUT2D eigenvalue weighted by Gasteiger charge is -2.10. The van der Waals surface area contributed by atoms with Crippen LogP contribution >= 0.6 is 0 Å². The Morgan fingerprint density at radius 3 is 2.72 bits per heavy atom. The van der Waals surface area contributed by atoms with Gasteiger partial charge in [0.05, 0.1) is 11.9 Å². The third kappa shape index (κ3) is 4.11. The van der Waals surface area contributed by atoms with Crippen LogP contribution in [0.3, 0.4) is 0 Å². The third-order valence-electron chi connectivity index (χ3n) is 4.80. The molecule has 0 aliphatic heterocycles. The highest BCUT2D eigenvalue weighted by Gasteiger charge is 2.09. The van der Waals surface area contributed by atoms with E-state index in [1.165, 1.54) is 23.6 Å². The van der Waals surface area contributed by atoms with Gasteiger partial charge in [-0.05, 0) is 49.2 Å². The SMILES string of the molecule is CC(=O)Nc1cccc(-c2cnc3ccc(NCc4ccc(C)cc4C)nn23)c1. The van der Waals surface area contributed by atoms with E-state index in [0.29, 0.717) is 6.54 Å². The van der Waals surface area contributed by atoms with Crippen LogP contribution in [-0.2, 0) is 11.3 Å². The number of fused-ring (bicyclic) bond motifs is 1. The highest BCUT2D eigenvalue weighted by Crippen LogP contribution is 2.24. The summed E-state index contributed by atoms with van der Waals surface area (Å²) in [6.45, 7) is 6.42. The van der Waals surface area contributed by atoms with Crippen molar-refractivity contribution in [3.05, 3.63) is 77.5 Å². The Kier molecular flexibility index (Phi) is 4.99. The Balaban J connectivity index is 1.62. The number of carbonyl (C=O) groups excluding carboxylic acids is 1. The van der Waals surface area contributed by atoms with E-state index in [4.69, 9.17) is 5.10 Å². The number of hydrogen-bond acceptors (Lipinski definition) is 4. The second-order valence-electron chi connectivity index (χ2n) is 7.18. The molecule has 146 valence electrons. The quantitative estimate of drug-likeness (QED) is 0.527. The third-order valence-corrected chi connectivity index (χ3v) is 4.80. The van der Waals surface area contributed by atoms with Crippen LogP contribution in [0.2, 0.25) is 0 Å². The summed E-state index contributed by atoms with van der Waals surface area (Å²) < 4.78 is 1.82. The molecule has 0 radical (unpaired) electrons. The molecule has 0 unspecified atom stereocenters. The van der Waals surface area contributed by atoms with Crippen molar-refractivity contribution in [3.63, 3.8) is 0 Å². The van der Waals surface area contributed by atoms with E-state index in [9.17, 15) is 4.79 Å². The van der Waals surface area contributed by atoms with Crippen molar-refractivity contribution in [1.29, 1.82) is 0 Å². The van der Waals surface area contributed by atoms with Crippen molar-refractivity contribution in [1.82, 2.24) is 14.6 Å². The number of benzene rings is 2. The van der Waals surface area contributed by atoms with Crippen molar-refractivity contribution >= 4 is 23.1 Å². The van der Waals surface area contributed by atoms with Gasteiger partial charge in [-0.15, -0.1) is 5.10 Å². The number of aromatic nitrogens is 3. The van der Waals surface area contributed by atoms with Crippen LogP contribution < -0.4 is 10.6 Å². The van der Waals surface area contributed by atoms with Crippen LogP contribution in [0.15, 0.2) is 60.8 Å². The monoisotopic (exact) mass is 385 g/mol. The normalized spacial score (nSPS) is 10.9. The molecule has 0 aliphatic carbocycles. The zero-order chi connectivity index (χ0) is 20.4. The Hall–Kier alpha value is -3.67. The van der Waals surface area contributed by atoms with Gasteiger partial charge in [0.1, 0.15) is 5.82 Å². The van der Waals surface area contributed by atoms with Gasteiger partial charge < -0.3 is 10.6 Å². The first-order chi connectivity index (χ1) is 14.0. The summed E-state index contributed by atoms with van der Waals surface area (Å²) in [5, 5.41) is 10.9. The molecule has 0 bridgehead atoms. The molecule has 4 rings (SSSR count). The maximum Gasteiger partial charge on any atom is 0.221 e. The second-order valence-corrected chi connectivity index (χ2v) is 7.18. The highest BCUT2D eigenvalue weighted by atomic mass is 16.1. The number of nitrogens with zero attached hydrogens (tertiary/aromatic N) is 3. The zero-order valence-electron chi connectivity index (χ0n) is 16.7. The van der Waals surface area contributed by atoms with E-state index < -0.39 is 0 Å². The Morgan fingerprint density at radius 1 is 1.07 bits per heavy atom. The minimum atomic E-state index is -0.101. The molecule has 0 saturated carbocycles. The molecule has 0 atom stereocenters. The largest absolute Gasteiger partial charge is 0.365 e. The number of carbonyl (C=O) groups is 1. The molecule has 0 spiro atoms. The minimum absolute atomic E-state index is 0.101. The lowest BCUT2D eigenvalue weighted by atomic mass is 10.1. The molecule has 0 aliphatic rings. The predicted molar refractivity (Wildman–Crippen MR) is 116 cm³/mol. The summed E-state index contributed by atoms with van der Waals surface area (Å²) in [4.78, 5) is 15.8. The van der Waals surface area contributed by atoms with Gasteiger partial charge in [0.15, 0.2) is 5.65 Å². The van der Waals surface area contributed by atoms with Gasteiger partial charge in [-0.2, -0.15) is 0 Å². The minimum Gasteiger partial charge on any atom is -0.365 e. The van der Waals surface area contributed by atoms with Crippen LogP contribution in [0.5, 0.6) is 0 Å². The summed E-state index contributed by atoms with van der Waals surface area (Å²) in [7, 11) is 0. The van der Waals surface area contributed by atoms with Crippen molar-refractivity contribution in [2.24, 2.45) is 0 Å². The zero-order valence-corrected chi connectivity index (χ0v) is 16.7. The molecule has 2 aromatic carbocycles. The van der Waals surface area contributed by atoms with Gasteiger partial charge >= 0.3 is 0 Å². The maximum atomic E-state index is 11.4. The molecule has 2 aromatic heterocycles. The molecular weight excluding hydrogens is 362 g/mol. The number of aryl methyl sites for hydroxylation is 2. The molecule has 6 heteroatoms. The summed E-state index contributed by atoms with van der Waals surface area (Å²) >= 11 is 0. The summed E-state index contributed by atoms with van der Waals surface area (Å²) in [6.07, 6.45) is 1.79. The van der Waals surface area contributed by atoms with Gasteiger partial charge in [-0.1, -0.05) is 35.9 Å². The smallest absolute Gasteiger partial charge is 0.221 e. The van der Waals surface area contributed by atoms with Crippen molar-refractivity contribution in [3.8, 4) is 11.3 Å². The van der Waals surface area contributed by atoms with Crippen molar-refractivity contribution in [2.45, 2.75) is 27.3 Å². The molecule has 1 amide bonds. The molecule has 0 fully saturated rings. The Bertz CT molecular complexity index is 1200. The van der Waals surface area contributed by atoms with Gasteiger partial charge in [0.2, 0.25) is 5.91 Å². The molecule has 4 aromatic rings. The van der Waals surface area contributed by atoms with Crippen LogP contribution in [0, 0.1) is 13.8 Å². The lowest BCUT2D eigenvalue weighted by molar-refractivity contribution is -0.114. The average Bonchev–Trinajstić information content (AvgIpc) is 3.10. The van der Waals surface area contributed by atoms with E-state index in [1.807, 2.05) is 40.9 Å².